The molecule has 1 aliphatic rings. The fraction of sp³-hybridized carbons (Fsp3) is 0.857. The first kappa shape index (κ1) is 9.80. The maximum absolute atomic E-state index is 11.8. The van der Waals surface area contributed by atoms with Crippen LogP contribution in [0.25, 0.3) is 0 Å². The zero-order chi connectivity index (χ0) is 8.97. The van der Waals surface area contributed by atoms with Crippen molar-refractivity contribution in [2.24, 2.45) is 4.99 Å². The lowest BCUT2D eigenvalue weighted by atomic mass is 10.4. The van der Waals surface area contributed by atoms with Crippen LogP contribution in [-0.2, 0) is 0 Å². The molecule has 0 aromatic heterocycles. The molecule has 0 saturated heterocycles. The molecule has 2 atom stereocenters. The molecule has 70 valence electrons. The molecule has 3 nitrogen and oxygen atoms in total. The largest absolute Gasteiger partial charge is 0.390 e. The van der Waals surface area contributed by atoms with Crippen LogP contribution in [0, 0.1) is 0 Å². The molecule has 2 unspecified atom stereocenters. The van der Waals surface area contributed by atoms with Gasteiger partial charge in [0, 0.05) is 11.8 Å². The number of amidine groups is 1. The van der Waals surface area contributed by atoms with Crippen molar-refractivity contribution in [2.75, 3.05) is 19.0 Å². The molecule has 2 N–H and O–H groups in total. The van der Waals surface area contributed by atoms with Crippen molar-refractivity contribution in [1.82, 2.24) is 5.32 Å². The topological polar surface area (TPSA) is 44.6 Å². The van der Waals surface area contributed by atoms with Crippen LogP contribution in [0.1, 0.15) is 6.92 Å². The van der Waals surface area contributed by atoms with Gasteiger partial charge in [0.25, 0.3) is 0 Å². The smallest absolute Gasteiger partial charge is 0.156 e. The predicted molar refractivity (Wildman–Crippen MR) is 49.3 cm³/mol. The number of nitrogens with zero attached hydrogens (tertiary/aromatic N) is 1. The van der Waals surface area contributed by atoms with E-state index in [-0.39, 0.29) is 0 Å². The van der Waals surface area contributed by atoms with Gasteiger partial charge in [0.05, 0.1) is 12.6 Å². The Morgan fingerprint density at radius 2 is 2.67 bits per heavy atom. The summed E-state index contributed by atoms with van der Waals surface area (Å²) >= 11 is 1.37. The molecule has 0 amide bonds. The SMILES string of the molecule is CC1CN=C(SCC(O)CF)N1. The first-order chi connectivity index (χ1) is 5.72. The summed E-state index contributed by atoms with van der Waals surface area (Å²) in [5.41, 5.74) is 0. The average Bonchev–Trinajstić information content (AvgIpc) is 2.47. The van der Waals surface area contributed by atoms with Gasteiger partial charge in [-0.25, -0.2) is 4.39 Å². The van der Waals surface area contributed by atoms with Crippen molar-refractivity contribution in [1.29, 1.82) is 0 Å². The van der Waals surface area contributed by atoms with Crippen LogP contribution >= 0.6 is 11.8 Å². The third kappa shape index (κ3) is 2.98. The van der Waals surface area contributed by atoms with Crippen molar-refractivity contribution >= 4 is 16.9 Å². The van der Waals surface area contributed by atoms with Gasteiger partial charge in [0.1, 0.15) is 6.67 Å². The third-order valence-electron chi connectivity index (χ3n) is 1.47. The number of aliphatic hydroxyl groups excluding tert-OH is 1. The highest BCUT2D eigenvalue weighted by Gasteiger charge is 2.14. The minimum absolute atomic E-state index is 0.370. The molecule has 5 heteroatoms. The second kappa shape index (κ2) is 4.67. The number of rotatable bonds is 3. The normalized spacial score (nSPS) is 24.9. The zero-order valence-corrected chi connectivity index (χ0v) is 7.77. The number of alkyl halides is 1. The predicted octanol–water partition coefficient (Wildman–Crippen LogP) is 0.398. The van der Waals surface area contributed by atoms with E-state index in [4.69, 9.17) is 5.11 Å². The fourth-order valence-electron chi connectivity index (χ4n) is 0.829. The minimum atomic E-state index is -0.865. The first-order valence-corrected chi connectivity index (χ1v) is 4.88. The summed E-state index contributed by atoms with van der Waals surface area (Å²) in [6, 6.07) is 0.370. The highest BCUT2D eigenvalue weighted by Crippen LogP contribution is 2.09. The van der Waals surface area contributed by atoms with Crippen LogP contribution in [0.5, 0.6) is 0 Å². The van der Waals surface area contributed by atoms with E-state index in [0.29, 0.717) is 11.8 Å². The van der Waals surface area contributed by atoms with Crippen LogP contribution in [0.2, 0.25) is 0 Å². The number of thioether (sulfide) groups is 1. The number of nitrogens with one attached hydrogen (secondary N) is 1. The van der Waals surface area contributed by atoms with Crippen LogP contribution < -0.4 is 5.32 Å². The monoisotopic (exact) mass is 192 g/mol. The number of hydrogen-bond donors (Lipinski definition) is 2. The van der Waals surface area contributed by atoms with Crippen molar-refractivity contribution in [2.45, 2.75) is 19.1 Å². The minimum Gasteiger partial charge on any atom is -0.390 e. The molecule has 0 aromatic carbocycles. The molecule has 1 aliphatic heterocycles. The molecule has 0 aliphatic carbocycles. The summed E-state index contributed by atoms with van der Waals surface area (Å²) < 4.78 is 11.8. The Bertz CT molecular complexity index is 177. The van der Waals surface area contributed by atoms with Crippen LogP contribution in [-0.4, -0.2) is 41.4 Å². The lowest BCUT2D eigenvalue weighted by Crippen LogP contribution is -2.26. The summed E-state index contributed by atoms with van der Waals surface area (Å²) in [6.07, 6.45) is -0.865. The van der Waals surface area contributed by atoms with Gasteiger partial charge in [-0.1, -0.05) is 11.8 Å². The summed E-state index contributed by atoms with van der Waals surface area (Å²) in [6.45, 7) is 2.12. The second-order valence-corrected chi connectivity index (χ2v) is 3.82. The third-order valence-corrected chi connectivity index (χ3v) is 2.54. The maximum atomic E-state index is 11.8. The highest BCUT2D eigenvalue weighted by atomic mass is 32.2. The van der Waals surface area contributed by atoms with E-state index in [1.165, 1.54) is 11.8 Å². The second-order valence-electron chi connectivity index (χ2n) is 2.81. The molecule has 0 fully saturated rings. The maximum Gasteiger partial charge on any atom is 0.156 e. The summed E-state index contributed by atoms with van der Waals surface area (Å²) in [5, 5.41) is 12.8. The lowest BCUT2D eigenvalue weighted by Gasteiger charge is -2.07. The van der Waals surface area contributed by atoms with Crippen molar-refractivity contribution in [3.8, 4) is 0 Å². The van der Waals surface area contributed by atoms with Gasteiger partial charge in [-0.05, 0) is 6.92 Å². The first-order valence-electron chi connectivity index (χ1n) is 3.90. The van der Waals surface area contributed by atoms with E-state index in [1.54, 1.807) is 0 Å². The Labute approximate surface area is 75.5 Å². The van der Waals surface area contributed by atoms with E-state index in [9.17, 15) is 4.39 Å². The van der Waals surface area contributed by atoms with Gasteiger partial charge in [0.2, 0.25) is 0 Å². The van der Waals surface area contributed by atoms with Crippen LogP contribution in [0.3, 0.4) is 0 Å². The quantitative estimate of drug-likeness (QED) is 0.680. The van der Waals surface area contributed by atoms with E-state index in [1.807, 2.05) is 6.92 Å². The molecule has 0 spiro atoms. The van der Waals surface area contributed by atoms with Gasteiger partial charge in [-0.15, -0.1) is 0 Å². The van der Waals surface area contributed by atoms with Crippen molar-refractivity contribution in [3.05, 3.63) is 0 Å². The zero-order valence-electron chi connectivity index (χ0n) is 6.96. The Balaban J connectivity index is 2.16. The van der Waals surface area contributed by atoms with Gasteiger partial charge >= 0.3 is 0 Å². The standard InChI is InChI=1S/C7H13FN2OS/c1-5-3-9-7(10-5)12-4-6(11)2-8/h5-6,11H,2-4H2,1H3,(H,9,10). The Morgan fingerprint density at radius 1 is 1.92 bits per heavy atom. The molecular weight excluding hydrogens is 179 g/mol. The molecular formula is C7H13FN2OS. The van der Waals surface area contributed by atoms with Crippen molar-refractivity contribution < 1.29 is 9.50 Å². The molecule has 1 rings (SSSR count). The van der Waals surface area contributed by atoms with Gasteiger partial charge in [-0.2, -0.15) is 0 Å². The Morgan fingerprint density at radius 3 is 3.17 bits per heavy atom. The number of halogens is 1. The average molecular weight is 192 g/mol. The molecule has 0 bridgehead atoms. The molecule has 0 radical (unpaired) electrons. The summed E-state index contributed by atoms with van der Waals surface area (Å²) in [7, 11) is 0. The number of hydrogen-bond acceptors (Lipinski definition) is 4. The van der Waals surface area contributed by atoms with E-state index < -0.39 is 12.8 Å². The molecule has 12 heavy (non-hydrogen) atoms. The fourth-order valence-corrected chi connectivity index (χ4v) is 1.72. The summed E-state index contributed by atoms with van der Waals surface area (Å²) in [5.74, 6) is 0.370. The highest BCUT2D eigenvalue weighted by molar-refractivity contribution is 8.13. The molecule has 1 heterocycles. The number of aliphatic imine (C=N–C) groups is 1. The molecule has 0 saturated carbocycles. The van der Waals surface area contributed by atoms with Crippen LogP contribution in [0.4, 0.5) is 4.39 Å². The van der Waals surface area contributed by atoms with Gasteiger partial charge < -0.3 is 10.4 Å². The molecule has 0 aromatic rings. The van der Waals surface area contributed by atoms with Gasteiger partial charge in [-0.3, -0.25) is 4.99 Å². The Hall–Kier alpha value is -0.290. The lowest BCUT2D eigenvalue weighted by molar-refractivity contribution is 0.162. The van der Waals surface area contributed by atoms with Crippen molar-refractivity contribution in [3.63, 3.8) is 0 Å². The number of aliphatic hydroxyl groups is 1. The van der Waals surface area contributed by atoms with Crippen LogP contribution in [0.15, 0.2) is 4.99 Å². The summed E-state index contributed by atoms with van der Waals surface area (Å²) in [4.78, 5) is 4.16. The van der Waals surface area contributed by atoms with E-state index in [0.717, 1.165) is 11.7 Å². The van der Waals surface area contributed by atoms with E-state index in [2.05, 4.69) is 10.3 Å². The van der Waals surface area contributed by atoms with E-state index >= 15 is 0 Å². The van der Waals surface area contributed by atoms with Gasteiger partial charge in [0.15, 0.2) is 5.17 Å². The Kier molecular flexibility index (Phi) is 3.81.